The fourth-order valence-electron chi connectivity index (χ4n) is 2.24. The van der Waals surface area contributed by atoms with E-state index in [-0.39, 0.29) is 0 Å². The standard InChI is InChI=1S/C13H24N6O/c1-3-14-13(15-7-5-9-20-2)16-10-12-18-17-11-6-4-8-19(11)12/h3-10H2,1-2H3,(H2,14,15,16). The highest BCUT2D eigenvalue weighted by molar-refractivity contribution is 5.79. The lowest BCUT2D eigenvalue weighted by atomic mass is 10.4. The largest absolute Gasteiger partial charge is 0.385 e. The molecule has 0 spiro atoms. The fourth-order valence-corrected chi connectivity index (χ4v) is 2.24. The van der Waals surface area contributed by atoms with Gasteiger partial charge in [0.05, 0.1) is 0 Å². The van der Waals surface area contributed by atoms with Crippen LogP contribution in [0.15, 0.2) is 4.99 Å². The number of rotatable bonds is 7. The summed E-state index contributed by atoms with van der Waals surface area (Å²) in [5.41, 5.74) is 0. The van der Waals surface area contributed by atoms with Gasteiger partial charge in [-0.2, -0.15) is 0 Å². The summed E-state index contributed by atoms with van der Waals surface area (Å²) in [7, 11) is 1.71. The smallest absolute Gasteiger partial charge is 0.191 e. The zero-order chi connectivity index (χ0) is 14.2. The molecule has 7 nitrogen and oxygen atoms in total. The lowest BCUT2D eigenvalue weighted by Crippen LogP contribution is -2.38. The first kappa shape index (κ1) is 14.8. The van der Waals surface area contributed by atoms with Gasteiger partial charge in [0, 0.05) is 39.8 Å². The van der Waals surface area contributed by atoms with Crippen LogP contribution in [0.1, 0.15) is 31.4 Å². The molecule has 7 heteroatoms. The van der Waals surface area contributed by atoms with Crippen LogP contribution in [-0.4, -0.2) is 47.5 Å². The van der Waals surface area contributed by atoms with Crippen molar-refractivity contribution in [2.75, 3.05) is 26.8 Å². The van der Waals surface area contributed by atoms with Crippen molar-refractivity contribution in [1.82, 2.24) is 25.4 Å². The molecule has 1 aliphatic heterocycles. The number of aromatic nitrogens is 3. The minimum atomic E-state index is 0.562. The van der Waals surface area contributed by atoms with E-state index in [1.54, 1.807) is 7.11 Å². The van der Waals surface area contributed by atoms with Crippen molar-refractivity contribution in [3.8, 4) is 0 Å². The summed E-state index contributed by atoms with van der Waals surface area (Å²) in [4.78, 5) is 4.56. The summed E-state index contributed by atoms with van der Waals surface area (Å²) in [6.07, 6.45) is 3.16. The lowest BCUT2D eigenvalue weighted by Gasteiger charge is -2.10. The number of ether oxygens (including phenoxy) is 1. The van der Waals surface area contributed by atoms with Crippen molar-refractivity contribution in [3.63, 3.8) is 0 Å². The number of hydrogen-bond acceptors (Lipinski definition) is 4. The van der Waals surface area contributed by atoms with Gasteiger partial charge in [0.25, 0.3) is 0 Å². The molecule has 0 fully saturated rings. The van der Waals surface area contributed by atoms with Crippen molar-refractivity contribution in [1.29, 1.82) is 0 Å². The Balaban J connectivity index is 1.87. The van der Waals surface area contributed by atoms with Gasteiger partial charge in [-0.1, -0.05) is 0 Å². The molecule has 2 heterocycles. The first-order chi connectivity index (χ1) is 9.85. The highest BCUT2D eigenvalue weighted by Crippen LogP contribution is 2.14. The molecule has 2 rings (SSSR count). The molecule has 0 bridgehead atoms. The van der Waals surface area contributed by atoms with Gasteiger partial charge in [0.1, 0.15) is 12.4 Å². The van der Waals surface area contributed by atoms with Crippen LogP contribution in [0.25, 0.3) is 0 Å². The molecule has 0 amide bonds. The van der Waals surface area contributed by atoms with E-state index in [9.17, 15) is 0 Å². The predicted molar refractivity (Wildman–Crippen MR) is 77.7 cm³/mol. The Bertz CT molecular complexity index is 442. The third-order valence-electron chi connectivity index (χ3n) is 3.23. The van der Waals surface area contributed by atoms with Crippen LogP contribution >= 0.6 is 0 Å². The summed E-state index contributed by atoms with van der Waals surface area (Å²) in [6.45, 7) is 6.08. The second-order valence-corrected chi connectivity index (χ2v) is 4.76. The van der Waals surface area contributed by atoms with Gasteiger partial charge in [-0.15, -0.1) is 10.2 Å². The topological polar surface area (TPSA) is 76.4 Å². The molecule has 0 radical (unpaired) electrons. The van der Waals surface area contributed by atoms with Crippen LogP contribution in [0.4, 0.5) is 0 Å². The fraction of sp³-hybridized carbons (Fsp3) is 0.769. The lowest BCUT2D eigenvalue weighted by molar-refractivity contribution is 0.195. The molecule has 0 unspecified atom stereocenters. The van der Waals surface area contributed by atoms with Crippen molar-refractivity contribution < 1.29 is 4.74 Å². The van der Waals surface area contributed by atoms with Gasteiger partial charge < -0.3 is 19.9 Å². The van der Waals surface area contributed by atoms with E-state index in [4.69, 9.17) is 4.74 Å². The molecule has 0 atom stereocenters. The molecule has 0 aliphatic carbocycles. The van der Waals surface area contributed by atoms with E-state index >= 15 is 0 Å². The zero-order valence-electron chi connectivity index (χ0n) is 12.4. The number of hydrogen-bond donors (Lipinski definition) is 2. The van der Waals surface area contributed by atoms with Gasteiger partial charge in [-0.05, 0) is 19.8 Å². The maximum absolute atomic E-state index is 5.03. The van der Waals surface area contributed by atoms with Crippen LogP contribution in [0.2, 0.25) is 0 Å². The number of methoxy groups -OCH3 is 1. The highest BCUT2D eigenvalue weighted by atomic mass is 16.5. The summed E-state index contributed by atoms with van der Waals surface area (Å²) >= 11 is 0. The Morgan fingerprint density at radius 2 is 2.30 bits per heavy atom. The Kier molecular flexibility index (Phi) is 5.79. The number of nitrogens with one attached hydrogen (secondary N) is 2. The normalized spacial score (nSPS) is 14.4. The van der Waals surface area contributed by atoms with Gasteiger partial charge >= 0.3 is 0 Å². The summed E-state index contributed by atoms with van der Waals surface area (Å²) < 4.78 is 7.21. The third-order valence-corrected chi connectivity index (χ3v) is 3.23. The predicted octanol–water partition coefficient (Wildman–Crippen LogP) is 0.316. The summed E-state index contributed by atoms with van der Waals surface area (Å²) in [5, 5.41) is 14.9. The van der Waals surface area contributed by atoms with E-state index in [0.717, 1.165) is 63.1 Å². The first-order valence-electron chi connectivity index (χ1n) is 7.27. The van der Waals surface area contributed by atoms with Crippen molar-refractivity contribution in [2.24, 2.45) is 4.99 Å². The summed E-state index contributed by atoms with van der Waals surface area (Å²) in [5.74, 6) is 2.86. The van der Waals surface area contributed by atoms with E-state index in [1.165, 1.54) is 0 Å². The van der Waals surface area contributed by atoms with Gasteiger partial charge in [-0.25, -0.2) is 4.99 Å². The van der Waals surface area contributed by atoms with Gasteiger partial charge in [0.15, 0.2) is 11.8 Å². The molecule has 2 N–H and O–H groups in total. The van der Waals surface area contributed by atoms with Crippen LogP contribution in [0.5, 0.6) is 0 Å². The Labute approximate surface area is 119 Å². The van der Waals surface area contributed by atoms with E-state index in [1.807, 2.05) is 0 Å². The van der Waals surface area contributed by atoms with E-state index in [0.29, 0.717) is 6.54 Å². The molecule has 0 saturated carbocycles. The molecule has 112 valence electrons. The molecule has 1 aliphatic rings. The number of guanidine groups is 1. The van der Waals surface area contributed by atoms with Crippen LogP contribution in [-0.2, 0) is 24.2 Å². The maximum Gasteiger partial charge on any atom is 0.191 e. The summed E-state index contributed by atoms with van der Waals surface area (Å²) in [6, 6.07) is 0. The molecule has 1 aromatic heterocycles. The van der Waals surface area contributed by atoms with Gasteiger partial charge in [-0.3, -0.25) is 0 Å². The van der Waals surface area contributed by atoms with Crippen molar-refractivity contribution in [2.45, 2.75) is 39.3 Å². The Morgan fingerprint density at radius 3 is 3.10 bits per heavy atom. The van der Waals surface area contributed by atoms with E-state index in [2.05, 4.69) is 37.3 Å². The van der Waals surface area contributed by atoms with Crippen molar-refractivity contribution in [3.05, 3.63) is 11.6 Å². The highest BCUT2D eigenvalue weighted by Gasteiger charge is 2.16. The zero-order valence-corrected chi connectivity index (χ0v) is 12.4. The Hall–Kier alpha value is -1.63. The minimum absolute atomic E-state index is 0.562. The maximum atomic E-state index is 5.03. The third kappa shape index (κ3) is 3.93. The second-order valence-electron chi connectivity index (χ2n) is 4.76. The Morgan fingerprint density at radius 1 is 1.40 bits per heavy atom. The molecular formula is C13H24N6O. The number of aliphatic imine (C=N–C) groups is 1. The molecular weight excluding hydrogens is 256 g/mol. The van der Waals surface area contributed by atoms with Crippen LogP contribution < -0.4 is 10.6 Å². The quantitative estimate of drug-likeness (QED) is 0.427. The van der Waals surface area contributed by atoms with E-state index < -0.39 is 0 Å². The second kappa shape index (κ2) is 7.84. The number of fused-ring (bicyclic) bond motifs is 1. The molecule has 1 aromatic rings. The molecule has 0 aromatic carbocycles. The number of nitrogens with zero attached hydrogens (tertiary/aromatic N) is 4. The van der Waals surface area contributed by atoms with Gasteiger partial charge in [0.2, 0.25) is 0 Å². The minimum Gasteiger partial charge on any atom is -0.385 e. The SMILES string of the molecule is CCNC(=NCc1nnc2n1CCC2)NCCCOC. The van der Waals surface area contributed by atoms with Crippen LogP contribution in [0, 0.1) is 0 Å². The average Bonchev–Trinajstić information content (AvgIpc) is 3.04. The number of aryl methyl sites for hydroxylation is 1. The monoisotopic (exact) mass is 280 g/mol. The molecule has 20 heavy (non-hydrogen) atoms. The van der Waals surface area contributed by atoms with Crippen LogP contribution in [0.3, 0.4) is 0 Å². The van der Waals surface area contributed by atoms with Crippen molar-refractivity contribution >= 4 is 5.96 Å². The average molecular weight is 280 g/mol. The molecule has 0 saturated heterocycles. The first-order valence-corrected chi connectivity index (χ1v) is 7.27.